The molecule has 4 rings (SSSR count). The minimum absolute atomic E-state index is 0.0366. The predicted octanol–water partition coefficient (Wildman–Crippen LogP) is 4.58. The standard InChI is InChI=1S/C25H31N3O2S/c29-24-22-12-5-6-13-23(22)26-25(31-20-21-10-3-1-4-11-21)28(24)16-9-18-30-19-17-27-14-7-2-8-15-27/h1,3-6,10-13H,2,7-9,14-20H2. The molecule has 1 aliphatic rings. The second-order valence-electron chi connectivity index (χ2n) is 8.01. The van der Waals surface area contributed by atoms with Gasteiger partial charge >= 0.3 is 0 Å². The summed E-state index contributed by atoms with van der Waals surface area (Å²) in [5.41, 5.74) is 2.02. The lowest BCUT2D eigenvalue weighted by molar-refractivity contribution is 0.0926. The molecule has 0 atom stereocenters. The molecule has 164 valence electrons. The van der Waals surface area contributed by atoms with E-state index in [0.29, 0.717) is 18.5 Å². The van der Waals surface area contributed by atoms with Crippen molar-refractivity contribution in [3.05, 3.63) is 70.5 Å². The second-order valence-corrected chi connectivity index (χ2v) is 8.95. The maximum absolute atomic E-state index is 13.1. The number of fused-ring (bicyclic) bond motifs is 1. The van der Waals surface area contributed by atoms with Gasteiger partial charge in [0, 0.05) is 25.4 Å². The third-order valence-electron chi connectivity index (χ3n) is 5.71. The van der Waals surface area contributed by atoms with Gasteiger partial charge in [-0.2, -0.15) is 0 Å². The van der Waals surface area contributed by atoms with Crippen molar-refractivity contribution in [3.8, 4) is 0 Å². The van der Waals surface area contributed by atoms with Crippen LogP contribution in [0, 0.1) is 0 Å². The van der Waals surface area contributed by atoms with E-state index in [1.165, 1.54) is 37.9 Å². The zero-order valence-electron chi connectivity index (χ0n) is 18.0. The van der Waals surface area contributed by atoms with Crippen LogP contribution in [0.1, 0.15) is 31.2 Å². The van der Waals surface area contributed by atoms with E-state index in [0.717, 1.165) is 36.0 Å². The number of aromatic nitrogens is 2. The molecule has 1 aromatic heterocycles. The average molecular weight is 438 g/mol. The van der Waals surface area contributed by atoms with Gasteiger partial charge in [-0.05, 0) is 50.0 Å². The van der Waals surface area contributed by atoms with Crippen molar-refractivity contribution in [3.63, 3.8) is 0 Å². The van der Waals surface area contributed by atoms with Gasteiger partial charge in [0.25, 0.3) is 5.56 Å². The van der Waals surface area contributed by atoms with Gasteiger partial charge < -0.3 is 9.64 Å². The van der Waals surface area contributed by atoms with Gasteiger partial charge in [0.2, 0.25) is 0 Å². The lowest BCUT2D eigenvalue weighted by atomic mass is 10.1. The normalized spacial score (nSPS) is 14.8. The Morgan fingerprint density at radius 1 is 0.903 bits per heavy atom. The Labute approximate surface area is 188 Å². The fourth-order valence-electron chi connectivity index (χ4n) is 3.98. The fourth-order valence-corrected chi connectivity index (χ4v) is 4.96. The molecule has 6 heteroatoms. The number of benzene rings is 2. The minimum Gasteiger partial charge on any atom is -0.380 e. The van der Waals surface area contributed by atoms with E-state index in [9.17, 15) is 4.79 Å². The Balaban J connectivity index is 1.37. The molecular formula is C25H31N3O2S. The summed E-state index contributed by atoms with van der Waals surface area (Å²) in [6, 6.07) is 17.9. The smallest absolute Gasteiger partial charge is 0.262 e. The number of likely N-dealkylation sites (tertiary alicyclic amines) is 1. The molecule has 0 aliphatic carbocycles. The van der Waals surface area contributed by atoms with Crippen LogP contribution in [0.15, 0.2) is 64.5 Å². The van der Waals surface area contributed by atoms with Gasteiger partial charge in [-0.25, -0.2) is 4.98 Å². The molecule has 31 heavy (non-hydrogen) atoms. The number of para-hydroxylation sites is 1. The van der Waals surface area contributed by atoms with Crippen molar-refractivity contribution in [1.29, 1.82) is 0 Å². The van der Waals surface area contributed by atoms with E-state index >= 15 is 0 Å². The first-order valence-electron chi connectivity index (χ1n) is 11.3. The molecular weight excluding hydrogens is 406 g/mol. The first kappa shape index (κ1) is 22.1. The maximum Gasteiger partial charge on any atom is 0.262 e. The highest BCUT2D eigenvalue weighted by Gasteiger charge is 2.12. The molecule has 0 bridgehead atoms. The van der Waals surface area contributed by atoms with Crippen LogP contribution < -0.4 is 5.56 Å². The summed E-state index contributed by atoms with van der Waals surface area (Å²) in [7, 11) is 0. The zero-order chi connectivity index (χ0) is 21.3. The van der Waals surface area contributed by atoms with Gasteiger partial charge in [-0.3, -0.25) is 9.36 Å². The number of rotatable bonds is 10. The van der Waals surface area contributed by atoms with Crippen molar-refractivity contribution in [2.45, 2.75) is 43.1 Å². The molecule has 2 heterocycles. The van der Waals surface area contributed by atoms with Crippen LogP contribution in [-0.4, -0.2) is 47.3 Å². The molecule has 0 N–H and O–H groups in total. The molecule has 5 nitrogen and oxygen atoms in total. The second kappa shape index (κ2) is 11.5. The summed E-state index contributed by atoms with van der Waals surface area (Å²) in [5, 5.41) is 1.46. The average Bonchev–Trinajstić information content (AvgIpc) is 2.82. The van der Waals surface area contributed by atoms with Gasteiger partial charge in [0.15, 0.2) is 5.16 Å². The van der Waals surface area contributed by atoms with Crippen LogP contribution in [0.25, 0.3) is 10.9 Å². The highest BCUT2D eigenvalue weighted by molar-refractivity contribution is 7.98. The summed E-state index contributed by atoms with van der Waals surface area (Å²) in [4.78, 5) is 20.4. The molecule has 0 spiro atoms. The molecule has 3 aromatic rings. The SMILES string of the molecule is O=c1c2ccccc2nc(SCc2ccccc2)n1CCCOCCN1CCCCC1. The van der Waals surface area contributed by atoms with E-state index < -0.39 is 0 Å². The summed E-state index contributed by atoms with van der Waals surface area (Å²) in [5.74, 6) is 0.790. The Morgan fingerprint density at radius 2 is 1.68 bits per heavy atom. The van der Waals surface area contributed by atoms with Crippen LogP contribution in [0.5, 0.6) is 0 Å². The highest BCUT2D eigenvalue weighted by atomic mass is 32.2. The van der Waals surface area contributed by atoms with Crippen LogP contribution in [0.2, 0.25) is 0 Å². The molecule has 1 saturated heterocycles. The Kier molecular flexibility index (Phi) is 8.16. The van der Waals surface area contributed by atoms with Crippen LogP contribution >= 0.6 is 11.8 Å². The molecule has 0 unspecified atom stereocenters. The van der Waals surface area contributed by atoms with Crippen molar-refractivity contribution in [2.75, 3.05) is 32.8 Å². The van der Waals surface area contributed by atoms with Crippen molar-refractivity contribution >= 4 is 22.7 Å². The predicted molar refractivity (Wildman–Crippen MR) is 128 cm³/mol. The first-order valence-corrected chi connectivity index (χ1v) is 12.3. The Hall–Kier alpha value is -2.15. The fraction of sp³-hybridized carbons (Fsp3) is 0.440. The number of ether oxygens (including phenoxy) is 1. The summed E-state index contributed by atoms with van der Waals surface area (Å²) in [6.07, 6.45) is 4.78. The van der Waals surface area contributed by atoms with E-state index in [1.54, 1.807) is 11.8 Å². The summed E-state index contributed by atoms with van der Waals surface area (Å²) < 4.78 is 7.69. The topological polar surface area (TPSA) is 47.4 Å². The first-order chi connectivity index (χ1) is 15.3. The number of hydrogen-bond acceptors (Lipinski definition) is 5. The lowest BCUT2D eigenvalue weighted by Crippen LogP contribution is -2.32. The third-order valence-corrected chi connectivity index (χ3v) is 6.76. The van der Waals surface area contributed by atoms with E-state index in [4.69, 9.17) is 9.72 Å². The molecule has 0 saturated carbocycles. The molecule has 1 aliphatic heterocycles. The highest BCUT2D eigenvalue weighted by Crippen LogP contribution is 2.22. The molecule has 1 fully saturated rings. The van der Waals surface area contributed by atoms with Gasteiger partial charge in [0.05, 0.1) is 17.5 Å². The van der Waals surface area contributed by atoms with Crippen molar-refractivity contribution in [1.82, 2.24) is 14.5 Å². The molecule has 0 amide bonds. The summed E-state index contributed by atoms with van der Waals surface area (Å²) >= 11 is 1.62. The quantitative estimate of drug-likeness (QED) is 0.264. The van der Waals surface area contributed by atoms with Gasteiger partial charge in [0.1, 0.15) is 0 Å². The summed E-state index contributed by atoms with van der Waals surface area (Å²) in [6.45, 7) is 5.45. The Morgan fingerprint density at radius 3 is 2.52 bits per heavy atom. The van der Waals surface area contributed by atoms with E-state index in [2.05, 4.69) is 17.0 Å². The maximum atomic E-state index is 13.1. The zero-order valence-corrected chi connectivity index (χ0v) is 18.9. The van der Waals surface area contributed by atoms with Crippen LogP contribution in [0.4, 0.5) is 0 Å². The number of nitrogens with zero attached hydrogens (tertiary/aromatic N) is 3. The molecule has 2 aromatic carbocycles. The van der Waals surface area contributed by atoms with Gasteiger partial charge in [-0.1, -0.05) is 60.6 Å². The van der Waals surface area contributed by atoms with E-state index in [-0.39, 0.29) is 5.56 Å². The van der Waals surface area contributed by atoms with Crippen molar-refractivity contribution in [2.24, 2.45) is 0 Å². The largest absolute Gasteiger partial charge is 0.380 e. The number of hydrogen-bond donors (Lipinski definition) is 0. The van der Waals surface area contributed by atoms with Crippen molar-refractivity contribution < 1.29 is 4.74 Å². The van der Waals surface area contributed by atoms with Gasteiger partial charge in [-0.15, -0.1) is 0 Å². The lowest BCUT2D eigenvalue weighted by Gasteiger charge is -2.26. The van der Waals surface area contributed by atoms with Crippen LogP contribution in [0.3, 0.4) is 0 Å². The minimum atomic E-state index is 0.0366. The van der Waals surface area contributed by atoms with Crippen LogP contribution in [-0.2, 0) is 17.0 Å². The monoisotopic (exact) mass is 437 g/mol. The number of thioether (sulfide) groups is 1. The molecule has 0 radical (unpaired) electrons. The van der Waals surface area contributed by atoms with E-state index in [1.807, 2.05) is 47.0 Å². The third kappa shape index (κ3) is 6.19. The Bertz CT molecular complexity index is 1020. The number of piperidine rings is 1.